The monoisotopic (exact) mass is 352 g/mol. The van der Waals surface area contributed by atoms with Crippen LogP contribution in [0, 0.1) is 5.92 Å². The van der Waals surface area contributed by atoms with Crippen molar-refractivity contribution >= 4 is 32.7 Å². The van der Waals surface area contributed by atoms with E-state index in [1.807, 2.05) is 12.1 Å². The Morgan fingerprint density at radius 3 is 2.57 bits per heavy atom. The maximum absolute atomic E-state index is 11.4. The van der Waals surface area contributed by atoms with E-state index < -0.39 is 0 Å². The largest absolute Gasteiger partial charge is 0.381 e. The Bertz CT molecular complexity index is 685. The van der Waals surface area contributed by atoms with Gasteiger partial charge in [-0.05, 0) is 73.9 Å². The zero-order valence-corrected chi connectivity index (χ0v) is 14.0. The topological polar surface area (TPSA) is 63.9 Å². The van der Waals surface area contributed by atoms with Crippen LogP contribution in [0.4, 0.5) is 5.69 Å². The Kier molecular flexibility index (Phi) is 4.08. The highest BCUT2D eigenvalue weighted by atomic mass is 79.9. The quantitative estimate of drug-likeness (QED) is 0.795. The summed E-state index contributed by atoms with van der Waals surface area (Å²) in [6, 6.07) is 4.35. The second-order valence-corrected chi connectivity index (χ2v) is 6.88. The molecular weight excluding hydrogens is 332 g/mol. The number of piperidine rings is 1. The Labute approximate surface area is 132 Å². The van der Waals surface area contributed by atoms with E-state index in [1.54, 1.807) is 0 Å². The van der Waals surface area contributed by atoms with Gasteiger partial charge in [-0.1, -0.05) is 0 Å². The fourth-order valence-electron chi connectivity index (χ4n) is 3.06. The molecule has 2 heterocycles. The van der Waals surface area contributed by atoms with Gasteiger partial charge in [-0.15, -0.1) is 0 Å². The molecular formula is C15H21BrN4O. The van der Waals surface area contributed by atoms with E-state index in [4.69, 9.17) is 0 Å². The predicted octanol–water partition coefficient (Wildman–Crippen LogP) is 2.76. The maximum Gasteiger partial charge on any atom is 0.323 e. The van der Waals surface area contributed by atoms with Gasteiger partial charge in [0, 0.05) is 10.5 Å². The molecule has 1 atom stereocenters. The molecule has 2 aromatic rings. The zero-order chi connectivity index (χ0) is 15.0. The number of nitrogens with one attached hydrogen (secondary N) is 3. The number of aromatic amines is 2. The van der Waals surface area contributed by atoms with Crippen molar-refractivity contribution in [2.24, 2.45) is 5.92 Å². The first-order chi connectivity index (χ1) is 10.0. The van der Waals surface area contributed by atoms with Crippen molar-refractivity contribution in [1.29, 1.82) is 0 Å². The Balaban J connectivity index is 1.77. The van der Waals surface area contributed by atoms with E-state index in [1.165, 1.54) is 25.9 Å². The first-order valence-corrected chi connectivity index (χ1v) is 8.19. The molecule has 0 aliphatic carbocycles. The van der Waals surface area contributed by atoms with Crippen LogP contribution in [0.15, 0.2) is 21.4 Å². The van der Waals surface area contributed by atoms with Crippen molar-refractivity contribution in [2.45, 2.75) is 25.8 Å². The third-order valence-electron chi connectivity index (χ3n) is 4.46. The molecule has 1 aromatic carbocycles. The molecule has 0 bridgehead atoms. The fraction of sp³-hybridized carbons (Fsp3) is 0.533. The number of fused-ring (bicyclic) bond motifs is 1. The Hall–Kier alpha value is -1.27. The predicted molar refractivity (Wildman–Crippen MR) is 89.9 cm³/mol. The van der Waals surface area contributed by atoms with Crippen molar-refractivity contribution in [1.82, 2.24) is 14.9 Å². The number of hydrogen-bond acceptors (Lipinski definition) is 3. The minimum atomic E-state index is -0.169. The molecule has 1 aliphatic rings. The number of rotatable bonds is 3. The summed E-state index contributed by atoms with van der Waals surface area (Å²) in [7, 11) is 2.18. The summed E-state index contributed by atoms with van der Waals surface area (Å²) in [4.78, 5) is 19.3. The third kappa shape index (κ3) is 3.16. The zero-order valence-electron chi connectivity index (χ0n) is 12.4. The van der Waals surface area contributed by atoms with Gasteiger partial charge in [-0.2, -0.15) is 0 Å². The van der Waals surface area contributed by atoms with Crippen LogP contribution in [0.1, 0.15) is 19.8 Å². The summed E-state index contributed by atoms with van der Waals surface area (Å²) in [5, 5.41) is 3.59. The summed E-state index contributed by atoms with van der Waals surface area (Å²) in [6.07, 6.45) is 2.46. The lowest BCUT2D eigenvalue weighted by atomic mass is 9.90. The van der Waals surface area contributed by atoms with Gasteiger partial charge in [0.1, 0.15) is 0 Å². The van der Waals surface area contributed by atoms with E-state index in [2.05, 4.69) is 50.1 Å². The SMILES string of the molecule is CC(Nc1cc2[nH]c(=O)[nH]c2cc1Br)C1CCN(C)CC1. The van der Waals surface area contributed by atoms with Gasteiger partial charge in [0.25, 0.3) is 0 Å². The minimum Gasteiger partial charge on any atom is -0.381 e. The molecule has 1 saturated heterocycles. The molecule has 1 aromatic heterocycles. The molecule has 21 heavy (non-hydrogen) atoms. The van der Waals surface area contributed by atoms with Gasteiger partial charge in [-0.3, -0.25) is 0 Å². The normalized spacial score (nSPS) is 19.0. The first kappa shape index (κ1) is 14.7. The van der Waals surface area contributed by atoms with Crippen molar-refractivity contribution in [3.8, 4) is 0 Å². The molecule has 0 saturated carbocycles. The average Bonchev–Trinajstić information content (AvgIpc) is 2.79. The highest BCUT2D eigenvalue weighted by molar-refractivity contribution is 9.10. The van der Waals surface area contributed by atoms with Gasteiger partial charge in [0.15, 0.2) is 0 Å². The first-order valence-electron chi connectivity index (χ1n) is 7.39. The van der Waals surface area contributed by atoms with E-state index in [-0.39, 0.29) is 5.69 Å². The molecule has 3 N–H and O–H groups in total. The van der Waals surface area contributed by atoms with Crippen molar-refractivity contribution in [2.75, 3.05) is 25.5 Å². The van der Waals surface area contributed by atoms with Crippen LogP contribution in [-0.4, -0.2) is 41.0 Å². The average molecular weight is 353 g/mol. The number of H-pyrrole nitrogens is 2. The Morgan fingerprint density at radius 2 is 1.90 bits per heavy atom. The molecule has 1 aliphatic heterocycles. The molecule has 3 rings (SSSR count). The number of halogens is 1. The van der Waals surface area contributed by atoms with Gasteiger partial charge in [0.2, 0.25) is 0 Å². The minimum absolute atomic E-state index is 0.169. The number of benzene rings is 1. The Morgan fingerprint density at radius 1 is 1.29 bits per heavy atom. The van der Waals surface area contributed by atoms with Crippen molar-refractivity contribution in [3.05, 3.63) is 27.1 Å². The summed E-state index contributed by atoms with van der Waals surface area (Å²) < 4.78 is 0.977. The van der Waals surface area contributed by atoms with Crippen LogP contribution in [0.5, 0.6) is 0 Å². The van der Waals surface area contributed by atoms with Crippen molar-refractivity contribution in [3.63, 3.8) is 0 Å². The molecule has 1 fully saturated rings. The summed E-state index contributed by atoms with van der Waals surface area (Å²) in [5.74, 6) is 0.689. The number of hydrogen-bond donors (Lipinski definition) is 3. The highest BCUT2D eigenvalue weighted by Gasteiger charge is 2.22. The number of anilines is 1. The van der Waals surface area contributed by atoms with Gasteiger partial charge >= 0.3 is 5.69 Å². The molecule has 0 amide bonds. The van der Waals surface area contributed by atoms with Gasteiger partial charge in [0.05, 0.1) is 16.7 Å². The third-order valence-corrected chi connectivity index (χ3v) is 5.11. The molecule has 0 spiro atoms. The maximum atomic E-state index is 11.4. The molecule has 0 radical (unpaired) electrons. The number of imidazole rings is 1. The van der Waals surface area contributed by atoms with Crippen LogP contribution in [0.3, 0.4) is 0 Å². The lowest BCUT2D eigenvalue weighted by molar-refractivity contribution is 0.208. The molecule has 1 unspecified atom stereocenters. The van der Waals surface area contributed by atoms with Crippen LogP contribution < -0.4 is 11.0 Å². The number of likely N-dealkylation sites (tertiary alicyclic amines) is 1. The molecule has 6 heteroatoms. The lowest BCUT2D eigenvalue weighted by Gasteiger charge is -2.33. The van der Waals surface area contributed by atoms with E-state index in [9.17, 15) is 4.79 Å². The lowest BCUT2D eigenvalue weighted by Crippen LogP contribution is -2.37. The standard InChI is InChI=1S/C15H21BrN4O/c1-9(10-3-5-20(2)6-4-10)17-12-8-14-13(7-11(12)16)18-15(21)19-14/h7-10,17H,3-6H2,1-2H3,(H2,18,19,21). The number of aromatic nitrogens is 2. The van der Waals surface area contributed by atoms with E-state index in [0.29, 0.717) is 12.0 Å². The number of nitrogens with zero attached hydrogens (tertiary/aromatic N) is 1. The van der Waals surface area contributed by atoms with Gasteiger partial charge < -0.3 is 20.2 Å². The molecule has 5 nitrogen and oxygen atoms in total. The van der Waals surface area contributed by atoms with Crippen molar-refractivity contribution < 1.29 is 0 Å². The van der Waals surface area contributed by atoms with E-state index in [0.717, 1.165) is 21.2 Å². The van der Waals surface area contributed by atoms with Gasteiger partial charge in [-0.25, -0.2) is 4.79 Å². The van der Waals surface area contributed by atoms with Crippen LogP contribution in [0.2, 0.25) is 0 Å². The highest BCUT2D eigenvalue weighted by Crippen LogP contribution is 2.29. The summed E-state index contributed by atoms with van der Waals surface area (Å²) in [6.45, 7) is 4.58. The summed E-state index contributed by atoms with van der Waals surface area (Å²) in [5.41, 5.74) is 2.52. The fourth-order valence-corrected chi connectivity index (χ4v) is 3.52. The second kappa shape index (κ2) is 5.85. The van der Waals surface area contributed by atoms with Crippen LogP contribution >= 0.6 is 15.9 Å². The van der Waals surface area contributed by atoms with Crippen LogP contribution in [0.25, 0.3) is 11.0 Å². The molecule has 114 valence electrons. The van der Waals surface area contributed by atoms with Crippen LogP contribution in [-0.2, 0) is 0 Å². The van der Waals surface area contributed by atoms with E-state index >= 15 is 0 Å². The summed E-state index contributed by atoms with van der Waals surface area (Å²) >= 11 is 3.58. The smallest absolute Gasteiger partial charge is 0.323 e. The second-order valence-electron chi connectivity index (χ2n) is 6.03.